The highest BCUT2D eigenvalue weighted by molar-refractivity contribution is 8.13. The zero-order chi connectivity index (χ0) is 12.5. The molecule has 0 amide bonds. The number of ether oxygens (including phenoxy) is 2. The van der Waals surface area contributed by atoms with Crippen molar-refractivity contribution < 1.29 is 9.47 Å². The van der Waals surface area contributed by atoms with E-state index in [2.05, 4.69) is 24.2 Å². The van der Waals surface area contributed by atoms with Crippen LogP contribution < -0.4 is 5.32 Å². The number of rotatable bonds is 7. The zero-order valence-electron chi connectivity index (χ0n) is 11.1. The summed E-state index contributed by atoms with van der Waals surface area (Å²) < 4.78 is 10.3. The van der Waals surface area contributed by atoms with Crippen LogP contribution in [0.4, 0.5) is 0 Å². The maximum Gasteiger partial charge on any atom is 0.156 e. The van der Waals surface area contributed by atoms with Crippen LogP contribution in [0, 0.1) is 5.92 Å². The summed E-state index contributed by atoms with van der Waals surface area (Å²) in [6.45, 7) is 7.43. The van der Waals surface area contributed by atoms with Gasteiger partial charge in [-0.2, -0.15) is 0 Å². The Morgan fingerprint density at radius 1 is 1.35 bits per heavy atom. The standard InChI is InChI=1S/C12H24N2O2S/c1-10-9-17-12(14-11(10)2)13-5-4-6-16-8-7-15-3/h10-11H,4-9H2,1-3H3,(H,13,14). The van der Waals surface area contributed by atoms with Crippen molar-refractivity contribution in [2.75, 3.05) is 39.2 Å². The Kier molecular flexibility index (Phi) is 7.64. The maximum absolute atomic E-state index is 5.38. The van der Waals surface area contributed by atoms with E-state index in [1.54, 1.807) is 7.11 Å². The van der Waals surface area contributed by atoms with Gasteiger partial charge in [-0.3, -0.25) is 4.99 Å². The van der Waals surface area contributed by atoms with Crippen LogP contribution >= 0.6 is 11.8 Å². The molecule has 0 aromatic carbocycles. The van der Waals surface area contributed by atoms with Crippen LogP contribution in [0.5, 0.6) is 0 Å². The molecule has 0 aliphatic carbocycles. The second-order valence-corrected chi connectivity index (χ2v) is 5.38. The van der Waals surface area contributed by atoms with Gasteiger partial charge in [0.05, 0.1) is 13.2 Å². The normalized spacial score (nSPS) is 27.1. The van der Waals surface area contributed by atoms with Crippen LogP contribution in [0.2, 0.25) is 0 Å². The molecule has 0 aromatic heterocycles. The highest BCUT2D eigenvalue weighted by Crippen LogP contribution is 2.19. The number of methoxy groups -OCH3 is 1. The van der Waals surface area contributed by atoms with E-state index in [9.17, 15) is 0 Å². The third-order valence-electron chi connectivity index (χ3n) is 2.82. The number of thioether (sulfide) groups is 1. The molecule has 1 aliphatic heterocycles. The lowest BCUT2D eigenvalue weighted by Crippen LogP contribution is -2.41. The predicted octanol–water partition coefficient (Wildman–Crippen LogP) is 1.76. The number of hydrogen-bond donors (Lipinski definition) is 1. The monoisotopic (exact) mass is 260 g/mol. The van der Waals surface area contributed by atoms with Gasteiger partial charge in [-0.15, -0.1) is 0 Å². The van der Waals surface area contributed by atoms with Crippen molar-refractivity contribution in [2.45, 2.75) is 26.3 Å². The highest BCUT2D eigenvalue weighted by atomic mass is 32.2. The van der Waals surface area contributed by atoms with Gasteiger partial charge in [-0.25, -0.2) is 0 Å². The van der Waals surface area contributed by atoms with Crippen molar-refractivity contribution >= 4 is 16.9 Å². The summed E-state index contributed by atoms with van der Waals surface area (Å²) in [7, 11) is 1.68. The van der Waals surface area contributed by atoms with Crippen molar-refractivity contribution in [3.63, 3.8) is 0 Å². The van der Waals surface area contributed by atoms with Gasteiger partial charge in [0.25, 0.3) is 0 Å². The molecule has 100 valence electrons. The van der Waals surface area contributed by atoms with Gasteiger partial charge in [0, 0.05) is 32.1 Å². The summed E-state index contributed by atoms with van der Waals surface area (Å²) in [4.78, 5) is 4.54. The maximum atomic E-state index is 5.38. The average Bonchev–Trinajstić information content (AvgIpc) is 2.32. The third-order valence-corrected chi connectivity index (χ3v) is 4.03. The van der Waals surface area contributed by atoms with Gasteiger partial charge in [-0.1, -0.05) is 18.7 Å². The van der Waals surface area contributed by atoms with E-state index in [4.69, 9.17) is 9.47 Å². The molecule has 0 spiro atoms. The molecular weight excluding hydrogens is 236 g/mol. The molecule has 1 N–H and O–H groups in total. The smallest absolute Gasteiger partial charge is 0.156 e. The molecule has 0 aromatic rings. The first-order valence-corrected chi connectivity index (χ1v) is 7.23. The predicted molar refractivity (Wildman–Crippen MR) is 73.8 cm³/mol. The van der Waals surface area contributed by atoms with E-state index >= 15 is 0 Å². The lowest BCUT2D eigenvalue weighted by molar-refractivity contribution is 0.0702. The zero-order valence-corrected chi connectivity index (χ0v) is 11.9. The summed E-state index contributed by atoms with van der Waals surface area (Å²) in [5.74, 6) is 1.88. The number of hydrogen-bond acceptors (Lipinski definition) is 4. The number of nitrogens with one attached hydrogen (secondary N) is 1. The Labute approximate surface area is 109 Å². The molecule has 1 rings (SSSR count). The van der Waals surface area contributed by atoms with Crippen LogP contribution in [0.3, 0.4) is 0 Å². The molecule has 5 heteroatoms. The Morgan fingerprint density at radius 2 is 2.18 bits per heavy atom. The molecule has 4 nitrogen and oxygen atoms in total. The molecule has 0 saturated carbocycles. The van der Waals surface area contributed by atoms with Crippen LogP contribution in [0.25, 0.3) is 0 Å². The Bertz CT molecular complexity index is 237. The minimum Gasteiger partial charge on any atom is -0.382 e. The molecule has 2 unspecified atom stereocenters. The molecule has 0 bridgehead atoms. The fraction of sp³-hybridized carbons (Fsp3) is 0.917. The van der Waals surface area contributed by atoms with Gasteiger partial charge in [0.2, 0.25) is 0 Å². The third kappa shape index (κ3) is 6.29. The van der Waals surface area contributed by atoms with Crippen molar-refractivity contribution in [1.82, 2.24) is 5.32 Å². The van der Waals surface area contributed by atoms with Gasteiger partial charge in [0.1, 0.15) is 0 Å². The Hall–Kier alpha value is -0.260. The molecule has 17 heavy (non-hydrogen) atoms. The van der Waals surface area contributed by atoms with E-state index < -0.39 is 0 Å². The van der Waals surface area contributed by atoms with Gasteiger partial charge >= 0.3 is 0 Å². The van der Waals surface area contributed by atoms with E-state index in [1.165, 1.54) is 0 Å². The number of nitrogens with zero attached hydrogens (tertiary/aromatic N) is 1. The summed E-state index contributed by atoms with van der Waals surface area (Å²) in [6, 6.07) is 0.535. The SMILES string of the molecule is COCCOCCCN=C1NC(C)C(C)CS1. The van der Waals surface area contributed by atoms with Crippen LogP contribution in [0.1, 0.15) is 20.3 Å². The van der Waals surface area contributed by atoms with Crippen LogP contribution in [-0.2, 0) is 9.47 Å². The molecule has 0 radical (unpaired) electrons. The lowest BCUT2D eigenvalue weighted by Gasteiger charge is -2.28. The average molecular weight is 260 g/mol. The van der Waals surface area contributed by atoms with Crippen molar-refractivity contribution in [1.29, 1.82) is 0 Å². The Morgan fingerprint density at radius 3 is 2.88 bits per heavy atom. The summed E-state index contributed by atoms with van der Waals surface area (Å²) >= 11 is 1.83. The quantitative estimate of drug-likeness (QED) is 0.708. The van der Waals surface area contributed by atoms with E-state index in [0.29, 0.717) is 19.3 Å². The van der Waals surface area contributed by atoms with Gasteiger partial charge in [0.15, 0.2) is 5.17 Å². The number of aliphatic imine (C=N–C) groups is 1. The van der Waals surface area contributed by atoms with Crippen molar-refractivity contribution in [3.8, 4) is 0 Å². The van der Waals surface area contributed by atoms with Gasteiger partial charge < -0.3 is 14.8 Å². The van der Waals surface area contributed by atoms with Gasteiger partial charge in [-0.05, 0) is 19.3 Å². The Balaban J connectivity index is 2.04. The minimum absolute atomic E-state index is 0.535. The molecular formula is C12H24N2O2S. The van der Waals surface area contributed by atoms with E-state index in [-0.39, 0.29) is 0 Å². The van der Waals surface area contributed by atoms with Crippen LogP contribution in [-0.4, -0.2) is 50.4 Å². The molecule has 1 saturated heterocycles. The lowest BCUT2D eigenvalue weighted by atomic mass is 10.1. The first-order chi connectivity index (χ1) is 8.24. The minimum atomic E-state index is 0.535. The first kappa shape index (κ1) is 14.8. The molecule has 2 atom stereocenters. The summed E-state index contributed by atoms with van der Waals surface area (Å²) in [5.41, 5.74) is 0. The first-order valence-electron chi connectivity index (χ1n) is 6.24. The molecule has 1 aliphatic rings. The topological polar surface area (TPSA) is 42.9 Å². The second-order valence-electron chi connectivity index (χ2n) is 4.37. The van der Waals surface area contributed by atoms with E-state index in [0.717, 1.165) is 36.4 Å². The summed E-state index contributed by atoms with van der Waals surface area (Å²) in [6.07, 6.45) is 0.972. The highest BCUT2D eigenvalue weighted by Gasteiger charge is 2.20. The number of amidine groups is 1. The van der Waals surface area contributed by atoms with Crippen molar-refractivity contribution in [3.05, 3.63) is 0 Å². The molecule has 1 heterocycles. The fourth-order valence-corrected chi connectivity index (χ4v) is 2.58. The largest absolute Gasteiger partial charge is 0.382 e. The van der Waals surface area contributed by atoms with Crippen LogP contribution in [0.15, 0.2) is 4.99 Å². The van der Waals surface area contributed by atoms with E-state index in [1.807, 2.05) is 11.8 Å². The fourth-order valence-electron chi connectivity index (χ4n) is 1.42. The van der Waals surface area contributed by atoms with Crippen molar-refractivity contribution in [2.24, 2.45) is 10.9 Å². The molecule has 1 fully saturated rings. The second kappa shape index (κ2) is 8.78. The summed E-state index contributed by atoms with van der Waals surface area (Å²) in [5, 5.41) is 4.52.